The molecule has 0 fully saturated rings. The fourth-order valence-corrected chi connectivity index (χ4v) is 3.04. The molecule has 0 bridgehead atoms. The van der Waals surface area contributed by atoms with Gasteiger partial charge >= 0.3 is 0 Å². The van der Waals surface area contributed by atoms with Gasteiger partial charge in [0.15, 0.2) is 11.5 Å². The van der Waals surface area contributed by atoms with Crippen molar-refractivity contribution < 1.29 is 19.2 Å². The Kier molecular flexibility index (Phi) is 4.59. The van der Waals surface area contributed by atoms with Gasteiger partial charge in [0.25, 0.3) is 5.69 Å². The number of hydrogen-bond donors (Lipinski definition) is 1. The number of nitrogens with one attached hydrogen (secondary N) is 1. The summed E-state index contributed by atoms with van der Waals surface area (Å²) in [4.78, 5) is 23.0. The third-order valence-electron chi connectivity index (χ3n) is 4.34. The number of amides is 1. The second-order valence-corrected chi connectivity index (χ2v) is 6.13. The Morgan fingerprint density at radius 2 is 1.89 bits per heavy atom. The van der Waals surface area contributed by atoms with E-state index < -0.39 is 4.92 Å². The fourth-order valence-electron chi connectivity index (χ4n) is 3.04. The van der Waals surface area contributed by atoms with Crippen LogP contribution in [0.2, 0.25) is 0 Å². The number of nitro benzene ring substituents is 1. The number of carbonyl (C=O) groups is 1. The maximum Gasteiger partial charge on any atom is 0.282 e. The summed E-state index contributed by atoms with van der Waals surface area (Å²) in [5, 5.41) is 17.1. The van der Waals surface area contributed by atoms with Gasteiger partial charge in [0.1, 0.15) is 0 Å². The molecule has 0 aromatic heterocycles. The van der Waals surface area contributed by atoms with E-state index in [4.69, 9.17) is 9.47 Å². The van der Waals surface area contributed by atoms with E-state index in [1.807, 2.05) is 42.5 Å². The van der Waals surface area contributed by atoms with Crippen LogP contribution in [-0.4, -0.2) is 23.8 Å². The number of nitro groups is 1. The molecule has 8 heteroatoms. The van der Waals surface area contributed by atoms with Crippen LogP contribution in [0.25, 0.3) is 10.8 Å². The molecule has 140 valence electrons. The Hall–Kier alpha value is -3.94. The summed E-state index contributed by atoms with van der Waals surface area (Å²) in [7, 11) is 0. The molecule has 1 aliphatic heterocycles. The summed E-state index contributed by atoms with van der Waals surface area (Å²) < 4.78 is 10.4. The van der Waals surface area contributed by atoms with E-state index in [0.717, 1.165) is 16.3 Å². The van der Waals surface area contributed by atoms with Gasteiger partial charge in [0, 0.05) is 0 Å². The van der Waals surface area contributed by atoms with Crippen molar-refractivity contribution in [2.24, 2.45) is 5.10 Å². The van der Waals surface area contributed by atoms with E-state index in [1.54, 1.807) is 0 Å². The third-order valence-corrected chi connectivity index (χ3v) is 4.34. The van der Waals surface area contributed by atoms with Gasteiger partial charge in [-0.1, -0.05) is 42.5 Å². The first kappa shape index (κ1) is 17.5. The van der Waals surface area contributed by atoms with Crippen molar-refractivity contribution in [3.63, 3.8) is 0 Å². The number of rotatable bonds is 5. The van der Waals surface area contributed by atoms with Crippen molar-refractivity contribution in [3.8, 4) is 11.5 Å². The highest BCUT2D eigenvalue weighted by molar-refractivity contribution is 5.91. The average Bonchev–Trinajstić information content (AvgIpc) is 3.15. The van der Waals surface area contributed by atoms with Crippen LogP contribution in [0.1, 0.15) is 11.1 Å². The van der Waals surface area contributed by atoms with E-state index in [1.165, 1.54) is 18.3 Å². The Bertz CT molecular complexity index is 1100. The second kappa shape index (κ2) is 7.36. The number of carbonyl (C=O) groups excluding carboxylic acids is 1. The minimum atomic E-state index is -0.540. The first-order chi connectivity index (χ1) is 13.6. The lowest BCUT2D eigenvalue weighted by atomic mass is 10.0. The Labute approximate surface area is 159 Å². The van der Waals surface area contributed by atoms with Gasteiger partial charge in [0.2, 0.25) is 12.7 Å². The van der Waals surface area contributed by atoms with Gasteiger partial charge in [-0.25, -0.2) is 5.43 Å². The predicted octanol–water partition coefficient (Wildman–Crippen LogP) is 3.17. The van der Waals surface area contributed by atoms with Gasteiger partial charge in [-0.3, -0.25) is 14.9 Å². The molecule has 0 spiro atoms. The van der Waals surface area contributed by atoms with Crippen LogP contribution in [0.15, 0.2) is 59.7 Å². The molecule has 0 radical (unpaired) electrons. The van der Waals surface area contributed by atoms with E-state index in [0.29, 0.717) is 11.5 Å². The predicted molar refractivity (Wildman–Crippen MR) is 103 cm³/mol. The SMILES string of the molecule is O=C(Cc1cccc2ccccc12)N/N=C\c1cc2c(cc1[N+](=O)[O-])OCO2. The lowest BCUT2D eigenvalue weighted by Gasteiger charge is -2.05. The summed E-state index contributed by atoms with van der Waals surface area (Å²) in [6, 6.07) is 16.3. The molecule has 3 aromatic carbocycles. The van der Waals surface area contributed by atoms with Crippen molar-refractivity contribution in [2.75, 3.05) is 6.79 Å². The maximum absolute atomic E-state index is 12.2. The van der Waals surface area contributed by atoms with Gasteiger partial charge in [-0.2, -0.15) is 5.10 Å². The third kappa shape index (κ3) is 3.48. The minimum Gasteiger partial charge on any atom is -0.454 e. The van der Waals surface area contributed by atoms with Gasteiger partial charge < -0.3 is 9.47 Å². The number of nitrogens with zero attached hydrogens (tertiary/aromatic N) is 2. The largest absolute Gasteiger partial charge is 0.454 e. The molecular formula is C20H15N3O5. The monoisotopic (exact) mass is 377 g/mol. The molecule has 1 amide bonds. The topological polar surface area (TPSA) is 103 Å². The molecule has 8 nitrogen and oxygen atoms in total. The number of fused-ring (bicyclic) bond motifs is 2. The standard InChI is InChI=1S/C20H15N3O5/c24-20(9-14-6-3-5-13-4-1-2-7-16(13)14)22-21-11-15-8-18-19(28-12-27-18)10-17(15)23(25)26/h1-8,10-11H,9,12H2,(H,22,24)/b21-11-. The van der Waals surface area contributed by atoms with E-state index in [-0.39, 0.29) is 30.4 Å². The van der Waals surface area contributed by atoms with Crippen LogP contribution >= 0.6 is 0 Å². The van der Waals surface area contributed by atoms with Crippen LogP contribution in [-0.2, 0) is 11.2 Å². The average molecular weight is 377 g/mol. The zero-order chi connectivity index (χ0) is 19.5. The summed E-state index contributed by atoms with van der Waals surface area (Å²) in [6.07, 6.45) is 1.36. The number of hydrogen-bond acceptors (Lipinski definition) is 6. The normalized spacial score (nSPS) is 12.4. The summed E-state index contributed by atoms with van der Waals surface area (Å²) in [6.45, 7) is 0.00878. The highest BCUT2D eigenvalue weighted by Gasteiger charge is 2.22. The van der Waals surface area contributed by atoms with Crippen molar-refractivity contribution in [1.29, 1.82) is 0 Å². The lowest BCUT2D eigenvalue weighted by molar-refractivity contribution is -0.385. The Morgan fingerprint density at radius 1 is 1.14 bits per heavy atom. The second-order valence-electron chi connectivity index (χ2n) is 6.13. The molecule has 4 rings (SSSR count). The van der Waals surface area contributed by atoms with Crippen molar-refractivity contribution in [1.82, 2.24) is 5.43 Å². The molecule has 1 aliphatic rings. The number of benzene rings is 3. The molecule has 1 N–H and O–H groups in total. The van der Waals surface area contributed by atoms with Crippen LogP contribution in [0, 0.1) is 10.1 Å². The van der Waals surface area contributed by atoms with Gasteiger partial charge in [-0.05, 0) is 22.4 Å². The lowest BCUT2D eigenvalue weighted by Crippen LogP contribution is -2.20. The van der Waals surface area contributed by atoms with Gasteiger partial charge in [-0.15, -0.1) is 0 Å². The first-order valence-corrected chi connectivity index (χ1v) is 8.48. The quantitative estimate of drug-likeness (QED) is 0.418. The Morgan fingerprint density at radius 3 is 2.71 bits per heavy atom. The number of hydrazone groups is 1. The maximum atomic E-state index is 12.2. The fraction of sp³-hybridized carbons (Fsp3) is 0.100. The van der Waals surface area contributed by atoms with Gasteiger partial charge in [0.05, 0.1) is 29.2 Å². The first-order valence-electron chi connectivity index (χ1n) is 8.48. The molecule has 0 saturated carbocycles. The number of ether oxygens (including phenoxy) is 2. The van der Waals surface area contributed by atoms with Crippen molar-refractivity contribution >= 4 is 28.6 Å². The Balaban J connectivity index is 1.49. The zero-order valence-corrected chi connectivity index (χ0v) is 14.6. The molecule has 3 aromatic rings. The van der Waals surface area contributed by atoms with E-state index in [9.17, 15) is 14.9 Å². The van der Waals surface area contributed by atoms with Crippen LogP contribution < -0.4 is 14.9 Å². The van der Waals surface area contributed by atoms with Crippen molar-refractivity contribution in [3.05, 3.63) is 75.8 Å². The molecule has 0 unspecified atom stereocenters. The zero-order valence-electron chi connectivity index (χ0n) is 14.6. The van der Waals surface area contributed by atoms with E-state index >= 15 is 0 Å². The van der Waals surface area contributed by atoms with Crippen LogP contribution in [0.4, 0.5) is 5.69 Å². The highest BCUT2D eigenvalue weighted by Crippen LogP contribution is 2.37. The van der Waals surface area contributed by atoms with Crippen LogP contribution in [0.3, 0.4) is 0 Å². The molecular weight excluding hydrogens is 362 g/mol. The minimum absolute atomic E-state index is 0.00878. The molecule has 28 heavy (non-hydrogen) atoms. The smallest absolute Gasteiger partial charge is 0.282 e. The summed E-state index contributed by atoms with van der Waals surface area (Å²) >= 11 is 0. The van der Waals surface area contributed by atoms with Crippen molar-refractivity contribution in [2.45, 2.75) is 6.42 Å². The van der Waals surface area contributed by atoms with Crippen LogP contribution in [0.5, 0.6) is 11.5 Å². The molecule has 0 saturated heterocycles. The molecule has 0 atom stereocenters. The summed E-state index contributed by atoms with van der Waals surface area (Å²) in [5.74, 6) is 0.383. The molecule has 0 aliphatic carbocycles. The van der Waals surface area contributed by atoms with E-state index in [2.05, 4.69) is 10.5 Å². The molecule has 1 heterocycles. The highest BCUT2D eigenvalue weighted by atomic mass is 16.7. The summed E-state index contributed by atoms with van der Waals surface area (Å²) in [5.41, 5.74) is 3.31.